The summed E-state index contributed by atoms with van der Waals surface area (Å²) in [4.78, 5) is 11.2. The third kappa shape index (κ3) is 6.36. The molecule has 0 saturated carbocycles. The van der Waals surface area contributed by atoms with E-state index in [1.54, 1.807) is 14.2 Å². The Morgan fingerprint density at radius 3 is 2.52 bits per heavy atom. The maximum atomic E-state index is 6.10. The van der Waals surface area contributed by atoms with E-state index in [1.807, 2.05) is 55.4 Å². The summed E-state index contributed by atoms with van der Waals surface area (Å²) in [5.74, 6) is 2.76. The van der Waals surface area contributed by atoms with Crippen LogP contribution in [0.4, 0.5) is 5.82 Å². The quantitative estimate of drug-likeness (QED) is 0.261. The molecule has 166 valence electrons. The minimum absolute atomic E-state index is 0. The van der Waals surface area contributed by atoms with E-state index < -0.39 is 0 Å². The molecule has 0 radical (unpaired) electrons. The number of nitrogens with zero attached hydrogens (tertiary/aromatic N) is 3. The molecule has 0 aliphatic carbocycles. The van der Waals surface area contributed by atoms with E-state index in [-0.39, 0.29) is 24.0 Å². The second-order valence-corrected chi connectivity index (χ2v) is 7.12. The highest BCUT2D eigenvalue weighted by Crippen LogP contribution is 2.27. The van der Waals surface area contributed by atoms with Crippen molar-refractivity contribution >= 4 is 46.7 Å². The number of methoxy groups -OCH3 is 2. The molecule has 1 heterocycles. The van der Waals surface area contributed by atoms with Crippen molar-refractivity contribution in [3.63, 3.8) is 0 Å². The van der Waals surface area contributed by atoms with Gasteiger partial charge in [0.15, 0.2) is 17.5 Å². The molecule has 0 bridgehead atoms. The number of nitrogens with two attached hydrogens (primary N) is 1. The van der Waals surface area contributed by atoms with Crippen LogP contribution in [0.15, 0.2) is 53.5 Å². The maximum absolute atomic E-state index is 6.10. The van der Waals surface area contributed by atoms with Gasteiger partial charge in [0.1, 0.15) is 5.82 Å². The molecule has 0 fully saturated rings. The second kappa shape index (κ2) is 11.6. The second-order valence-electron chi connectivity index (χ2n) is 7.12. The molecule has 8 heteroatoms. The minimum Gasteiger partial charge on any atom is -0.493 e. The smallest absolute Gasteiger partial charge is 0.188 e. The number of hydrogen-bond acceptors (Lipinski definition) is 5. The van der Waals surface area contributed by atoms with Crippen LogP contribution in [-0.4, -0.2) is 45.8 Å². The average molecular weight is 535 g/mol. The molecule has 0 aliphatic rings. The number of para-hydroxylation sites is 1. The van der Waals surface area contributed by atoms with Crippen molar-refractivity contribution in [1.29, 1.82) is 0 Å². The first-order valence-corrected chi connectivity index (χ1v) is 9.82. The van der Waals surface area contributed by atoms with E-state index in [9.17, 15) is 0 Å². The molecule has 0 unspecified atom stereocenters. The Labute approximate surface area is 200 Å². The van der Waals surface area contributed by atoms with Gasteiger partial charge in [0.05, 0.1) is 26.3 Å². The number of aliphatic imine (C=N–C) groups is 1. The lowest BCUT2D eigenvalue weighted by molar-refractivity contribution is 0.354. The largest absolute Gasteiger partial charge is 0.493 e. The molecule has 31 heavy (non-hydrogen) atoms. The Morgan fingerprint density at radius 2 is 1.81 bits per heavy atom. The van der Waals surface area contributed by atoms with Crippen molar-refractivity contribution in [1.82, 2.24) is 10.3 Å². The molecule has 0 spiro atoms. The first-order chi connectivity index (χ1) is 14.5. The monoisotopic (exact) mass is 535 g/mol. The Kier molecular flexibility index (Phi) is 9.17. The molecule has 0 saturated heterocycles. The van der Waals surface area contributed by atoms with Crippen LogP contribution in [-0.2, 0) is 13.0 Å². The number of hydrogen-bond donors (Lipinski definition) is 2. The number of aromatic nitrogens is 1. The SMILES string of the molecule is COc1ccc(CCNC(N)=NCc2cc(N(C)C)nc3ccccc23)cc1OC.I. The Morgan fingerprint density at radius 1 is 1.06 bits per heavy atom. The highest BCUT2D eigenvalue weighted by Gasteiger charge is 2.07. The van der Waals surface area contributed by atoms with Gasteiger partial charge in [-0.3, -0.25) is 0 Å². The fraction of sp³-hybridized carbons (Fsp3) is 0.304. The van der Waals surface area contributed by atoms with E-state index in [0.717, 1.165) is 45.8 Å². The number of ether oxygens (including phenoxy) is 2. The number of rotatable bonds is 8. The summed E-state index contributed by atoms with van der Waals surface area (Å²) in [7, 11) is 7.22. The van der Waals surface area contributed by atoms with Crippen LogP contribution in [0.2, 0.25) is 0 Å². The van der Waals surface area contributed by atoms with Gasteiger partial charge in [-0.1, -0.05) is 24.3 Å². The third-order valence-corrected chi connectivity index (χ3v) is 4.83. The molecule has 0 atom stereocenters. The Hall–Kier alpha value is -2.75. The van der Waals surface area contributed by atoms with Crippen LogP contribution in [0.25, 0.3) is 10.9 Å². The van der Waals surface area contributed by atoms with Crippen molar-refractivity contribution in [2.24, 2.45) is 10.7 Å². The van der Waals surface area contributed by atoms with Crippen molar-refractivity contribution in [2.45, 2.75) is 13.0 Å². The normalized spacial score (nSPS) is 11.0. The zero-order valence-corrected chi connectivity index (χ0v) is 20.7. The molecule has 1 aromatic heterocycles. The van der Waals surface area contributed by atoms with E-state index in [4.69, 9.17) is 15.2 Å². The van der Waals surface area contributed by atoms with Crippen LogP contribution in [0.1, 0.15) is 11.1 Å². The van der Waals surface area contributed by atoms with Crippen molar-refractivity contribution in [3.05, 3.63) is 59.7 Å². The number of anilines is 1. The first kappa shape index (κ1) is 24.5. The Balaban J connectivity index is 0.00000341. The molecule has 2 aromatic carbocycles. The van der Waals surface area contributed by atoms with Gasteiger partial charge in [-0.2, -0.15) is 0 Å². The molecule has 3 aromatic rings. The lowest BCUT2D eigenvalue weighted by Crippen LogP contribution is -2.33. The summed E-state index contributed by atoms with van der Waals surface area (Å²) in [6, 6.07) is 16.0. The van der Waals surface area contributed by atoms with Gasteiger partial charge in [-0.15, -0.1) is 24.0 Å². The average Bonchev–Trinajstić information content (AvgIpc) is 2.77. The zero-order chi connectivity index (χ0) is 21.5. The lowest BCUT2D eigenvalue weighted by Gasteiger charge is -2.14. The predicted molar refractivity (Wildman–Crippen MR) is 138 cm³/mol. The summed E-state index contributed by atoms with van der Waals surface area (Å²) in [5, 5.41) is 4.27. The van der Waals surface area contributed by atoms with Crippen LogP contribution in [0.3, 0.4) is 0 Å². The molecule has 7 nitrogen and oxygen atoms in total. The van der Waals surface area contributed by atoms with Gasteiger partial charge in [-0.25, -0.2) is 9.98 Å². The Bertz CT molecular complexity index is 1040. The number of halogens is 1. The van der Waals surface area contributed by atoms with Crippen LogP contribution < -0.4 is 25.4 Å². The van der Waals surface area contributed by atoms with Crippen molar-refractivity contribution in [3.8, 4) is 11.5 Å². The molecular formula is C23H30IN5O2. The molecule has 0 amide bonds. The van der Waals surface area contributed by atoms with Crippen molar-refractivity contribution in [2.75, 3.05) is 39.8 Å². The van der Waals surface area contributed by atoms with Gasteiger partial charge in [0, 0.05) is 26.0 Å². The van der Waals surface area contributed by atoms with E-state index in [0.29, 0.717) is 19.0 Å². The fourth-order valence-corrected chi connectivity index (χ4v) is 3.19. The minimum atomic E-state index is 0. The van der Waals surface area contributed by atoms with Crippen LogP contribution in [0, 0.1) is 0 Å². The topological polar surface area (TPSA) is 85.0 Å². The van der Waals surface area contributed by atoms with Crippen molar-refractivity contribution < 1.29 is 9.47 Å². The highest BCUT2D eigenvalue weighted by molar-refractivity contribution is 14.0. The number of guanidine groups is 1. The number of nitrogens with one attached hydrogen (secondary N) is 1. The summed E-state index contributed by atoms with van der Waals surface area (Å²) >= 11 is 0. The summed E-state index contributed by atoms with van der Waals surface area (Å²) < 4.78 is 10.6. The third-order valence-electron chi connectivity index (χ3n) is 4.83. The number of fused-ring (bicyclic) bond motifs is 1. The van der Waals surface area contributed by atoms with Gasteiger partial charge in [0.2, 0.25) is 0 Å². The first-order valence-electron chi connectivity index (χ1n) is 9.82. The summed E-state index contributed by atoms with van der Waals surface area (Å²) in [5.41, 5.74) is 9.27. The van der Waals surface area contributed by atoms with E-state index in [1.165, 1.54) is 0 Å². The van der Waals surface area contributed by atoms with Gasteiger partial charge < -0.3 is 25.4 Å². The highest BCUT2D eigenvalue weighted by atomic mass is 127. The van der Waals surface area contributed by atoms with Crippen LogP contribution in [0.5, 0.6) is 11.5 Å². The number of pyridine rings is 1. The molecule has 0 aliphatic heterocycles. The summed E-state index contributed by atoms with van der Waals surface area (Å²) in [6.45, 7) is 1.16. The summed E-state index contributed by atoms with van der Waals surface area (Å²) in [6.07, 6.45) is 0.791. The zero-order valence-electron chi connectivity index (χ0n) is 18.4. The van der Waals surface area contributed by atoms with Gasteiger partial charge in [-0.05, 0) is 41.8 Å². The van der Waals surface area contributed by atoms with Gasteiger partial charge in [0.25, 0.3) is 0 Å². The van der Waals surface area contributed by atoms with E-state index in [2.05, 4.69) is 27.4 Å². The molecule has 3 N–H and O–H groups in total. The van der Waals surface area contributed by atoms with E-state index >= 15 is 0 Å². The molecule has 3 rings (SSSR count). The lowest BCUT2D eigenvalue weighted by atomic mass is 10.1. The fourth-order valence-electron chi connectivity index (χ4n) is 3.19. The van der Waals surface area contributed by atoms with Crippen LogP contribution >= 0.6 is 24.0 Å². The number of benzene rings is 2. The maximum Gasteiger partial charge on any atom is 0.188 e. The standard InChI is InChI=1S/C23H29N5O2.HI/c1-28(2)22-14-17(18-7-5-6-8-19(18)27-22)15-26-23(24)25-12-11-16-9-10-20(29-3)21(13-16)30-4;/h5-10,13-14H,11-12,15H2,1-4H3,(H3,24,25,26);1H. The van der Waals surface area contributed by atoms with Gasteiger partial charge >= 0.3 is 0 Å². The molecular weight excluding hydrogens is 505 g/mol. The predicted octanol–water partition coefficient (Wildman–Crippen LogP) is 3.58.